The molecule has 1 atom stereocenters. The largest absolute Gasteiger partial charge is 0.490 e. The minimum atomic E-state index is -0.782. The van der Waals surface area contributed by atoms with Gasteiger partial charge in [0, 0.05) is 43.9 Å². The molecule has 0 aliphatic carbocycles. The number of ether oxygens (including phenoxy) is 2. The van der Waals surface area contributed by atoms with Crippen molar-refractivity contribution >= 4 is 17.5 Å². The van der Waals surface area contributed by atoms with Gasteiger partial charge in [-0.1, -0.05) is 17.7 Å². The van der Waals surface area contributed by atoms with Crippen LogP contribution < -0.4 is 4.74 Å². The van der Waals surface area contributed by atoms with Gasteiger partial charge < -0.3 is 19.5 Å². The van der Waals surface area contributed by atoms with Crippen molar-refractivity contribution in [3.05, 3.63) is 57.9 Å². The van der Waals surface area contributed by atoms with Crippen LogP contribution in [-0.2, 0) is 16.1 Å². The van der Waals surface area contributed by atoms with E-state index in [1.54, 1.807) is 0 Å². The average molecular weight is 502 g/mol. The summed E-state index contributed by atoms with van der Waals surface area (Å²) in [6.45, 7) is 9.93. The Bertz CT molecular complexity index is 1020. The second-order valence-electron chi connectivity index (χ2n) is 9.96. The number of halogens is 1. The highest BCUT2D eigenvalue weighted by molar-refractivity contribution is 6.32. The van der Waals surface area contributed by atoms with Crippen molar-refractivity contribution in [2.75, 3.05) is 39.4 Å². The summed E-state index contributed by atoms with van der Waals surface area (Å²) in [6, 6.07) is 7.86. The second-order valence-corrected chi connectivity index (χ2v) is 10.3. The van der Waals surface area contributed by atoms with Crippen LogP contribution in [0.1, 0.15) is 41.6 Å². The number of piperidine rings is 1. The number of likely N-dealkylation sites (tertiary alicyclic amines) is 1. The monoisotopic (exact) mass is 501 g/mol. The van der Waals surface area contributed by atoms with Crippen molar-refractivity contribution in [2.45, 2.75) is 58.3 Å². The molecule has 0 bridgehead atoms. The summed E-state index contributed by atoms with van der Waals surface area (Å²) in [5.41, 5.74) is 3.31. The van der Waals surface area contributed by atoms with Gasteiger partial charge in [0.1, 0.15) is 18.0 Å². The second kappa shape index (κ2) is 11.2. The van der Waals surface area contributed by atoms with Crippen LogP contribution in [-0.4, -0.2) is 76.9 Å². The van der Waals surface area contributed by atoms with Crippen LogP contribution in [0.4, 0.5) is 0 Å². The first-order valence-corrected chi connectivity index (χ1v) is 12.7. The van der Waals surface area contributed by atoms with E-state index in [1.807, 2.05) is 43.1 Å². The first kappa shape index (κ1) is 25.9. The van der Waals surface area contributed by atoms with Crippen LogP contribution in [0.5, 0.6) is 5.75 Å². The number of pyridine rings is 1. The summed E-state index contributed by atoms with van der Waals surface area (Å²) in [5.74, 6) is 0.762. The molecule has 2 aliphatic heterocycles. The van der Waals surface area contributed by atoms with Crippen molar-refractivity contribution in [3.8, 4) is 5.75 Å². The smallest absolute Gasteiger partial charge is 0.225 e. The Morgan fingerprint density at radius 3 is 2.60 bits per heavy atom. The molecule has 3 heterocycles. The lowest BCUT2D eigenvalue weighted by Gasteiger charge is -2.43. The van der Waals surface area contributed by atoms with E-state index < -0.39 is 5.60 Å². The molecule has 8 heteroatoms. The van der Waals surface area contributed by atoms with Crippen molar-refractivity contribution < 1.29 is 19.4 Å². The number of hydrogen-bond donors (Lipinski definition) is 1. The molecule has 1 aromatic heterocycles. The van der Waals surface area contributed by atoms with Gasteiger partial charge in [0.05, 0.1) is 24.8 Å². The zero-order chi connectivity index (χ0) is 25.0. The summed E-state index contributed by atoms with van der Waals surface area (Å²) < 4.78 is 12.6. The lowest BCUT2D eigenvalue weighted by atomic mass is 9.95. The fourth-order valence-corrected chi connectivity index (χ4v) is 5.02. The zero-order valence-electron chi connectivity index (χ0n) is 20.9. The first-order valence-electron chi connectivity index (χ1n) is 12.4. The van der Waals surface area contributed by atoms with E-state index in [0.29, 0.717) is 45.6 Å². The van der Waals surface area contributed by atoms with Gasteiger partial charge in [-0.3, -0.25) is 14.7 Å². The Hall–Kier alpha value is -2.19. The van der Waals surface area contributed by atoms with Crippen LogP contribution in [0, 0.1) is 20.8 Å². The number of aliphatic hydroxyl groups excluding tert-OH is 1. The molecule has 0 spiro atoms. The Morgan fingerprint density at radius 1 is 1.20 bits per heavy atom. The number of morpholine rings is 1. The number of benzene rings is 1. The number of aliphatic hydroxyl groups is 1. The standard InChI is InChI=1S/C27H36ClN3O4/c1-19-5-4-8-29-24(19)16-30-11-12-35-27(17-30,15-25(33)31-9-6-22(32)7-10-31)18-34-23-13-20(2)26(28)21(3)14-23/h4-5,8,13-14,22,32H,6-7,9-12,15-18H2,1-3H3/t27-/m0/s1. The minimum absolute atomic E-state index is 0.0415. The van der Waals surface area contributed by atoms with E-state index in [0.717, 1.165) is 39.7 Å². The van der Waals surface area contributed by atoms with Gasteiger partial charge in [0.2, 0.25) is 5.91 Å². The predicted molar refractivity (Wildman–Crippen MR) is 136 cm³/mol. The third-order valence-electron chi connectivity index (χ3n) is 7.02. The van der Waals surface area contributed by atoms with Crippen LogP contribution in [0.2, 0.25) is 5.02 Å². The molecular weight excluding hydrogens is 466 g/mol. The SMILES string of the molecule is Cc1cccnc1CN1CCO[C@@](COc2cc(C)c(Cl)c(C)c2)(CC(=O)N2CCC(O)CC2)C1. The van der Waals surface area contributed by atoms with Gasteiger partial charge in [0.25, 0.3) is 0 Å². The van der Waals surface area contributed by atoms with E-state index in [2.05, 4.69) is 22.9 Å². The van der Waals surface area contributed by atoms with Crippen LogP contribution in [0.15, 0.2) is 30.5 Å². The predicted octanol–water partition coefficient (Wildman–Crippen LogP) is 3.68. The highest BCUT2D eigenvalue weighted by Crippen LogP contribution is 2.30. The van der Waals surface area contributed by atoms with Crippen LogP contribution >= 0.6 is 11.6 Å². The van der Waals surface area contributed by atoms with E-state index in [4.69, 9.17) is 21.1 Å². The first-order chi connectivity index (χ1) is 16.7. The maximum atomic E-state index is 13.3. The van der Waals surface area contributed by atoms with Gasteiger partial charge in [0.15, 0.2) is 0 Å². The third kappa shape index (κ3) is 6.53. The highest BCUT2D eigenvalue weighted by atomic mass is 35.5. The van der Waals surface area contributed by atoms with Gasteiger partial charge in [-0.2, -0.15) is 0 Å². The van der Waals surface area contributed by atoms with Crippen molar-refractivity contribution in [3.63, 3.8) is 0 Å². The molecule has 1 aromatic carbocycles. The van der Waals surface area contributed by atoms with Gasteiger partial charge >= 0.3 is 0 Å². The van der Waals surface area contributed by atoms with Gasteiger partial charge in [-0.05, 0) is 68.5 Å². The molecule has 7 nitrogen and oxygen atoms in total. The summed E-state index contributed by atoms with van der Waals surface area (Å²) in [5, 5.41) is 10.6. The Balaban J connectivity index is 1.52. The molecule has 1 amide bonds. The normalized spacial score (nSPS) is 21.8. The Labute approximate surface area is 213 Å². The number of rotatable bonds is 7. The fourth-order valence-electron chi connectivity index (χ4n) is 4.91. The van der Waals surface area contributed by atoms with E-state index in [-0.39, 0.29) is 25.0 Å². The number of carbonyl (C=O) groups excluding carboxylic acids is 1. The molecule has 0 radical (unpaired) electrons. The van der Waals surface area contributed by atoms with E-state index in [1.165, 1.54) is 0 Å². The number of amides is 1. The number of aryl methyl sites for hydroxylation is 3. The van der Waals surface area contributed by atoms with Crippen molar-refractivity contribution in [2.24, 2.45) is 0 Å². The maximum Gasteiger partial charge on any atom is 0.225 e. The Morgan fingerprint density at radius 2 is 1.91 bits per heavy atom. The summed E-state index contributed by atoms with van der Waals surface area (Å²) >= 11 is 6.34. The zero-order valence-corrected chi connectivity index (χ0v) is 21.7. The average Bonchev–Trinajstić information content (AvgIpc) is 2.83. The molecule has 2 fully saturated rings. The number of carbonyl (C=O) groups is 1. The van der Waals surface area contributed by atoms with E-state index >= 15 is 0 Å². The number of nitrogens with zero attached hydrogens (tertiary/aromatic N) is 3. The lowest BCUT2D eigenvalue weighted by molar-refractivity contribution is -0.158. The molecule has 1 N–H and O–H groups in total. The molecule has 190 valence electrons. The molecule has 4 rings (SSSR count). The van der Waals surface area contributed by atoms with E-state index in [9.17, 15) is 9.90 Å². The maximum absolute atomic E-state index is 13.3. The van der Waals surface area contributed by atoms with Crippen molar-refractivity contribution in [1.82, 2.24) is 14.8 Å². The minimum Gasteiger partial charge on any atom is -0.490 e. The molecule has 2 aliphatic rings. The summed E-state index contributed by atoms with van der Waals surface area (Å²) in [6.07, 6.45) is 2.95. The van der Waals surface area contributed by atoms with Crippen LogP contribution in [0.25, 0.3) is 0 Å². The number of hydrogen-bond acceptors (Lipinski definition) is 6. The summed E-state index contributed by atoms with van der Waals surface area (Å²) in [4.78, 5) is 22.0. The molecule has 2 aromatic rings. The molecule has 0 saturated carbocycles. The van der Waals surface area contributed by atoms with Gasteiger partial charge in [-0.15, -0.1) is 0 Å². The third-order valence-corrected chi connectivity index (χ3v) is 7.62. The highest BCUT2D eigenvalue weighted by Gasteiger charge is 2.41. The fraction of sp³-hybridized carbons (Fsp3) is 0.556. The number of aromatic nitrogens is 1. The molecule has 2 saturated heterocycles. The van der Waals surface area contributed by atoms with Crippen molar-refractivity contribution in [1.29, 1.82) is 0 Å². The molecular formula is C27H36ClN3O4. The van der Waals surface area contributed by atoms with Crippen LogP contribution in [0.3, 0.4) is 0 Å². The van der Waals surface area contributed by atoms with Gasteiger partial charge in [-0.25, -0.2) is 0 Å². The quantitative estimate of drug-likeness (QED) is 0.623. The summed E-state index contributed by atoms with van der Waals surface area (Å²) in [7, 11) is 0. The lowest BCUT2D eigenvalue weighted by Crippen LogP contribution is -2.57. The topological polar surface area (TPSA) is 75.1 Å². The molecule has 35 heavy (non-hydrogen) atoms. The molecule has 0 unspecified atom stereocenters. The Kier molecular flexibility index (Phi) is 8.32.